The molecule has 4 aromatic heterocycles. The van der Waals surface area contributed by atoms with E-state index in [0.717, 1.165) is 40.0 Å². The van der Waals surface area contributed by atoms with Gasteiger partial charge >= 0.3 is 0 Å². The number of fused-ring (bicyclic) bond motifs is 4. The summed E-state index contributed by atoms with van der Waals surface area (Å²) in [5.41, 5.74) is 5.41. The lowest BCUT2D eigenvalue weighted by Gasteiger charge is -2.17. The number of hydrogen-bond acceptors (Lipinski definition) is 6. The summed E-state index contributed by atoms with van der Waals surface area (Å²) in [6.45, 7) is 4.79. The van der Waals surface area contributed by atoms with E-state index in [-0.39, 0.29) is 11.5 Å². The van der Waals surface area contributed by atoms with Gasteiger partial charge in [0.2, 0.25) is 5.56 Å². The van der Waals surface area contributed by atoms with Crippen LogP contribution in [0.1, 0.15) is 46.5 Å². The molecular weight excluding hydrogens is 446 g/mol. The molecule has 0 radical (unpaired) electrons. The summed E-state index contributed by atoms with van der Waals surface area (Å²) in [4.78, 5) is 34.5. The molecule has 0 aliphatic carbocycles. The third kappa shape index (κ3) is 4.01. The lowest BCUT2D eigenvalue weighted by molar-refractivity contribution is 0.0781. The van der Waals surface area contributed by atoms with Gasteiger partial charge in [0.25, 0.3) is 5.91 Å². The second-order valence-corrected chi connectivity index (χ2v) is 8.65. The highest BCUT2D eigenvalue weighted by Gasteiger charge is 2.23. The number of carbonyl (C=O) groups is 1. The van der Waals surface area contributed by atoms with Crippen LogP contribution >= 0.6 is 0 Å². The van der Waals surface area contributed by atoms with Crippen molar-refractivity contribution in [1.29, 1.82) is 0 Å². The van der Waals surface area contributed by atoms with Gasteiger partial charge in [0.1, 0.15) is 11.3 Å². The Morgan fingerprint density at radius 1 is 1.17 bits per heavy atom. The monoisotopic (exact) mass is 473 g/mol. The molecule has 0 unspecified atom stereocenters. The predicted molar refractivity (Wildman–Crippen MR) is 133 cm³/mol. The fourth-order valence-electron chi connectivity index (χ4n) is 4.49. The number of nitrogens with one attached hydrogen (secondary N) is 2. The highest BCUT2D eigenvalue weighted by Crippen LogP contribution is 2.31. The molecule has 0 spiro atoms. The number of aryl methyl sites for hydroxylation is 2. The Labute approximate surface area is 201 Å². The average molecular weight is 474 g/mol. The van der Waals surface area contributed by atoms with Gasteiger partial charge in [-0.15, -0.1) is 0 Å². The largest absolute Gasteiger partial charge is 0.491 e. The van der Waals surface area contributed by atoms with Crippen molar-refractivity contribution in [1.82, 2.24) is 34.8 Å². The Kier molecular flexibility index (Phi) is 5.72. The number of nitrogens with zero attached hydrogens (tertiary/aromatic N) is 5. The maximum absolute atomic E-state index is 13.3. The predicted octanol–water partition coefficient (Wildman–Crippen LogP) is 2.94. The minimum Gasteiger partial charge on any atom is -0.491 e. The van der Waals surface area contributed by atoms with Gasteiger partial charge in [0.05, 0.1) is 23.7 Å². The van der Waals surface area contributed by atoms with Crippen LogP contribution < -0.4 is 10.3 Å². The van der Waals surface area contributed by atoms with Crippen molar-refractivity contribution in [2.45, 2.75) is 26.7 Å². The van der Waals surface area contributed by atoms with E-state index < -0.39 is 0 Å². The van der Waals surface area contributed by atoms with Crippen LogP contribution in [0, 0.1) is 6.92 Å². The molecule has 1 aliphatic heterocycles. The third-order valence-corrected chi connectivity index (χ3v) is 6.31. The van der Waals surface area contributed by atoms with E-state index in [1.807, 2.05) is 39.1 Å². The Hall–Kier alpha value is -4.21. The molecule has 5 rings (SSSR count). The van der Waals surface area contributed by atoms with Crippen LogP contribution in [-0.2, 0) is 13.5 Å². The molecule has 35 heavy (non-hydrogen) atoms. The zero-order valence-electron chi connectivity index (χ0n) is 20.2. The van der Waals surface area contributed by atoms with Gasteiger partial charge in [0, 0.05) is 55.1 Å². The third-order valence-electron chi connectivity index (χ3n) is 6.31. The van der Waals surface area contributed by atoms with Crippen LogP contribution in [0.3, 0.4) is 0 Å². The van der Waals surface area contributed by atoms with Crippen LogP contribution in [-0.4, -0.2) is 61.0 Å². The number of H-pyrrole nitrogens is 2. The fourth-order valence-corrected chi connectivity index (χ4v) is 4.49. The van der Waals surface area contributed by atoms with Crippen molar-refractivity contribution in [2.75, 3.05) is 20.2 Å². The molecule has 4 aromatic rings. The zero-order valence-corrected chi connectivity index (χ0v) is 20.2. The van der Waals surface area contributed by atoms with Gasteiger partial charge in [-0.3, -0.25) is 24.4 Å². The molecule has 2 bridgehead atoms. The van der Waals surface area contributed by atoms with E-state index in [0.29, 0.717) is 42.3 Å². The molecule has 0 atom stereocenters. The van der Waals surface area contributed by atoms with Gasteiger partial charge in [-0.25, -0.2) is 0 Å². The first-order valence-electron chi connectivity index (χ1n) is 11.6. The van der Waals surface area contributed by atoms with Crippen molar-refractivity contribution in [3.05, 3.63) is 57.0 Å². The SMILES string of the molecule is CCc1c2c(nn1C)C(=O)N(C)CCCOc1c[nH]c(=O)cc1-c1cc3c([nH]nc3c(C)n1)/C=C/2. The van der Waals surface area contributed by atoms with Gasteiger partial charge in [-0.05, 0) is 38.0 Å². The van der Waals surface area contributed by atoms with Crippen molar-refractivity contribution in [3.63, 3.8) is 0 Å². The van der Waals surface area contributed by atoms with E-state index in [1.165, 1.54) is 6.07 Å². The number of ether oxygens (including phenoxy) is 1. The van der Waals surface area contributed by atoms with Gasteiger partial charge in [-0.2, -0.15) is 10.2 Å². The molecule has 10 heteroatoms. The van der Waals surface area contributed by atoms with Crippen LogP contribution in [0.2, 0.25) is 0 Å². The highest BCUT2D eigenvalue weighted by atomic mass is 16.5. The Morgan fingerprint density at radius 3 is 2.80 bits per heavy atom. The number of pyridine rings is 2. The maximum Gasteiger partial charge on any atom is 0.274 e. The quantitative estimate of drug-likeness (QED) is 0.438. The summed E-state index contributed by atoms with van der Waals surface area (Å²) in [5, 5.41) is 12.9. The number of aromatic amines is 2. The molecule has 0 saturated heterocycles. The molecule has 1 aliphatic rings. The van der Waals surface area contributed by atoms with Crippen molar-refractivity contribution in [3.8, 4) is 17.0 Å². The number of aromatic nitrogens is 6. The number of hydrogen-bond donors (Lipinski definition) is 2. The number of amides is 1. The molecule has 10 nitrogen and oxygen atoms in total. The van der Waals surface area contributed by atoms with Crippen molar-refractivity contribution in [2.24, 2.45) is 7.05 Å². The zero-order chi connectivity index (χ0) is 24.7. The lowest BCUT2D eigenvalue weighted by atomic mass is 10.1. The molecule has 2 N–H and O–H groups in total. The second-order valence-electron chi connectivity index (χ2n) is 8.65. The molecule has 0 fully saturated rings. The van der Waals surface area contributed by atoms with E-state index in [2.05, 4.69) is 20.3 Å². The summed E-state index contributed by atoms with van der Waals surface area (Å²) >= 11 is 0. The van der Waals surface area contributed by atoms with Crippen LogP contribution in [0.5, 0.6) is 5.75 Å². The average Bonchev–Trinajstić information content (AvgIpc) is 3.40. The fraction of sp³-hybridized carbons (Fsp3) is 0.320. The minimum atomic E-state index is -0.241. The van der Waals surface area contributed by atoms with E-state index in [9.17, 15) is 9.59 Å². The number of rotatable bonds is 1. The molecule has 0 aromatic carbocycles. The summed E-state index contributed by atoms with van der Waals surface area (Å²) in [5.74, 6) is 0.380. The smallest absolute Gasteiger partial charge is 0.274 e. The Balaban J connectivity index is 1.73. The summed E-state index contributed by atoms with van der Waals surface area (Å²) < 4.78 is 7.79. The maximum atomic E-state index is 13.3. The lowest BCUT2D eigenvalue weighted by Crippen LogP contribution is -2.29. The second kappa shape index (κ2) is 8.86. The number of carbonyl (C=O) groups excluding carboxylic acids is 1. The summed E-state index contributed by atoms with van der Waals surface area (Å²) in [7, 11) is 3.62. The molecule has 1 amide bonds. The first-order chi connectivity index (χ1) is 16.9. The summed E-state index contributed by atoms with van der Waals surface area (Å²) in [6, 6.07) is 3.40. The molecular formula is C25H27N7O3. The van der Waals surface area contributed by atoms with E-state index >= 15 is 0 Å². The molecule has 180 valence electrons. The first-order valence-corrected chi connectivity index (χ1v) is 11.6. The standard InChI is InChI=1S/C25H27N7O3/c1-5-20-15-7-8-18-17-11-19(27-14(2)23(17)29-28-18)16-12-22(33)26-13-21(16)35-10-6-9-31(3)25(34)24(15)30-32(20)4/h7-8,11-13H,5-6,9-10H2,1-4H3,(H,26,33)(H,28,29)/b8-7+. The van der Waals surface area contributed by atoms with E-state index in [4.69, 9.17) is 9.72 Å². The van der Waals surface area contributed by atoms with Crippen molar-refractivity contribution >= 4 is 29.0 Å². The Morgan fingerprint density at radius 2 is 2.00 bits per heavy atom. The van der Waals surface area contributed by atoms with Gasteiger partial charge in [0.15, 0.2) is 5.69 Å². The van der Waals surface area contributed by atoms with Gasteiger partial charge < -0.3 is 14.6 Å². The highest BCUT2D eigenvalue weighted by molar-refractivity contribution is 5.98. The molecule has 0 saturated carbocycles. The normalized spacial score (nSPS) is 15.2. The van der Waals surface area contributed by atoms with Crippen LogP contribution in [0.15, 0.2) is 23.1 Å². The Bertz CT molecular complexity index is 1530. The minimum absolute atomic E-state index is 0.145. The topological polar surface area (TPSA) is 122 Å². The van der Waals surface area contributed by atoms with Gasteiger partial charge in [-0.1, -0.05) is 6.92 Å². The van der Waals surface area contributed by atoms with Crippen LogP contribution in [0.4, 0.5) is 0 Å². The van der Waals surface area contributed by atoms with Crippen LogP contribution in [0.25, 0.3) is 34.3 Å². The van der Waals surface area contributed by atoms with E-state index in [1.54, 1.807) is 22.8 Å². The first kappa shape index (κ1) is 22.6. The van der Waals surface area contributed by atoms with Crippen molar-refractivity contribution < 1.29 is 9.53 Å². The molecule has 5 heterocycles. The summed E-state index contributed by atoms with van der Waals surface area (Å²) in [6.07, 6.45) is 6.72.